The summed E-state index contributed by atoms with van der Waals surface area (Å²) in [5, 5.41) is 0.591. The molecular weight excluding hydrogens is 306 g/mol. The van der Waals surface area contributed by atoms with Crippen molar-refractivity contribution < 1.29 is 4.79 Å². The predicted octanol–water partition coefficient (Wildman–Crippen LogP) is 1.63. The Balaban J connectivity index is 1.80. The number of carbonyl (C=O) groups is 1. The molecule has 0 radical (unpaired) electrons. The van der Waals surface area contributed by atoms with E-state index in [2.05, 4.69) is 15.0 Å². The molecule has 0 bridgehead atoms. The van der Waals surface area contributed by atoms with E-state index in [0.717, 1.165) is 12.8 Å². The van der Waals surface area contributed by atoms with Crippen molar-refractivity contribution in [3.63, 3.8) is 0 Å². The highest BCUT2D eigenvalue weighted by molar-refractivity contribution is 5.92. The highest BCUT2D eigenvalue weighted by atomic mass is 16.2. The largest absolute Gasteiger partial charge is 0.341 e. The molecule has 0 saturated carbocycles. The Bertz CT molecular complexity index is 961. The molecule has 4 rings (SSSR count). The summed E-state index contributed by atoms with van der Waals surface area (Å²) in [7, 11) is 1.72. The molecule has 1 aromatic carbocycles. The van der Waals surface area contributed by atoms with Gasteiger partial charge in [0.15, 0.2) is 0 Å². The van der Waals surface area contributed by atoms with E-state index < -0.39 is 0 Å². The number of hydrogen-bond donors (Lipinski definition) is 1. The fourth-order valence-electron chi connectivity index (χ4n) is 3.34. The molecule has 1 atom stereocenters. The summed E-state index contributed by atoms with van der Waals surface area (Å²) in [6.07, 6.45) is 4.68. The first-order valence-corrected chi connectivity index (χ1v) is 7.92. The van der Waals surface area contributed by atoms with Crippen molar-refractivity contribution in [1.29, 1.82) is 0 Å². The molecule has 7 nitrogen and oxygen atoms in total. The number of nitrogens with zero attached hydrogens (tertiary/aromatic N) is 4. The number of H-pyrrole nitrogens is 1. The van der Waals surface area contributed by atoms with Crippen LogP contribution in [0.2, 0.25) is 0 Å². The molecule has 0 aliphatic carbocycles. The lowest BCUT2D eigenvalue weighted by molar-refractivity contribution is 0.0722. The van der Waals surface area contributed by atoms with Crippen LogP contribution in [0.3, 0.4) is 0 Å². The molecule has 122 valence electrons. The van der Waals surface area contributed by atoms with Gasteiger partial charge < -0.3 is 9.88 Å². The highest BCUT2D eigenvalue weighted by Gasteiger charge is 2.34. The fraction of sp³-hybridized carbons (Fsp3) is 0.294. The molecule has 1 amide bonds. The number of likely N-dealkylation sites (tertiary alicyclic amines) is 1. The number of aromatic amines is 1. The van der Waals surface area contributed by atoms with Crippen LogP contribution < -0.4 is 5.56 Å². The van der Waals surface area contributed by atoms with Gasteiger partial charge in [-0.1, -0.05) is 12.1 Å². The monoisotopic (exact) mass is 323 g/mol. The molecule has 1 fully saturated rings. The van der Waals surface area contributed by atoms with Gasteiger partial charge in [0.25, 0.3) is 11.5 Å². The third-order valence-electron chi connectivity index (χ3n) is 4.56. The first-order valence-electron chi connectivity index (χ1n) is 7.92. The molecule has 0 spiro atoms. The van der Waals surface area contributed by atoms with Crippen molar-refractivity contribution in [2.45, 2.75) is 18.9 Å². The van der Waals surface area contributed by atoms with Crippen LogP contribution in [-0.2, 0) is 7.05 Å². The second-order valence-electron chi connectivity index (χ2n) is 5.97. The quantitative estimate of drug-likeness (QED) is 0.777. The van der Waals surface area contributed by atoms with Crippen LogP contribution in [0.25, 0.3) is 10.9 Å². The maximum atomic E-state index is 12.7. The lowest BCUT2D eigenvalue weighted by Gasteiger charge is -2.25. The van der Waals surface area contributed by atoms with Crippen LogP contribution in [0.1, 0.15) is 35.2 Å². The molecule has 1 unspecified atom stereocenters. The number of amides is 1. The van der Waals surface area contributed by atoms with Crippen LogP contribution in [0, 0.1) is 0 Å². The Hall–Kier alpha value is -2.96. The fourth-order valence-corrected chi connectivity index (χ4v) is 3.34. The number of hydrogen-bond acceptors (Lipinski definition) is 4. The van der Waals surface area contributed by atoms with Gasteiger partial charge in [-0.3, -0.25) is 14.2 Å². The molecule has 1 N–H and O–H groups in total. The van der Waals surface area contributed by atoms with Crippen LogP contribution in [-0.4, -0.2) is 36.9 Å². The summed E-state index contributed by atoms with van der Waals surface area (Å²) in [6.45, 7) is 0.644. The molecule has 1 aliphatic heterocycles. The van der Waals surface area contributed by atoms with E-state index in [-0.39, 0.29) is 17.5 Å². The minimum absolute atomic E-state index is 0.0866. The number of benzene rings is 1. The van der Waals surface area contributed by atoms with E-state index in [9.17, 15) is 9.59 Å². The summed E-state index contributed by atoms with van der Waals surface area (Å²) in [5.74, 6) is 0.515. The van der Waals surface area contributed by atoms with Crippen molar-refractivity contribution in [3.8, 4) is 0 Å². The Labute approximate surface area is 138 Å². The molecule has 3 heterocycles. The van der Waals surface area contributed by atoms with Gasteiger partial charge in [0, 0.05) is 13.6 Å². The van der Waals surface area contributed by atoms with Crippen molar-refractivity contribution in [3.05, 3.63) is 58.7 Å². The normalized spacial score (nSPS) is 17.5. The van der Waals surface area contributed by atoms with Crippen LogP contribution in [0.5, 0.6) is 0 Å². The van der Waals surface area contributed by atoms with Crippen molar-refractivity contribution in [2.24, 2.45) is 7.05 Å². The minimum Gasteiger partial charge on any atom is -0.341 e. The molecule has 2 aromatic heterocycles. The first kappa shape index (κ1) is 14.6. The maximum absolute atomic E-state index is 12.7. The van der Waals surface area contributed by atoms with Gasteiger partial charge in [0.1, 0.15) is 11.5 Å². The lowest BCUT2D eigenvalue weighted by Crippen LogP contribution is -2.35. The van der Waals surface area contributed by atoms with Gasteiger partial charge in [0.2, 0.25) is 0 Å². The van der Waals surface area contributed by atoms with E-state index in [1.165, 1.54) is 12.5 Å². The topological polar surface area (TPSA) is 83.9 Å². The highest BCUT2D eigenvalue weighted by Crippen LogP contribution is 2.31. The zero-order chi connectivity index (χ0) is 16.7. The Morgan fingerprint density at radius 2 is 2.17 bits per heavy atom. The summed E-state index contributed by atoms with van der Waals surface area (Å²) < 4.78 is 1.56. The first-order chi connectivity index (χ1) is 11.7. The number of fused-ring (bicyclic) bond motifs is 1. The molecule has 1 aliphatic rings. The zero-order valence-corrected chi connectivity index (χ0v) is 13.3. The second kappa shape index (κ2) is 5.59. The standard InChI is InChI=1S/C17H17N5O2/c1-21-15(20-12-6-3-2-5-11(12)16(21)23)14-7-4-8-22(14)17(24)13-9-18-10-19-13/h2-3,5-6,9-10,14H,4,7-8H2,1H3,(H,18,19). The van der Waals surface area contributed by atoms with Crippen LogP contribution in [0.15, 0.2) is 41.6 Å². The summed E-state index contributed by atoms with van der Waals surface area (Å²) in [5.41, 5.74) is 1.03. The van der Waals surface area contributed by atoms with Gasteiger partial charge in [0.05, 0.1) is 29.5 Å². The van der Waals surface area contributed by atoms with Crippen molar-refractivity contribution in [1.82, 2.24) is 24.4 Å². The van der Waals surface area contributed by atoms with Crippen LogP contribution in [0.4, 0.5) is 0 Å². The summed E-state index contributed by atoms with van der Waals surface area (Å²) in [4.78, 5) is 38.5. The number of rotatable bonds is 2. The minimum atomic E-state index is -0.205. The molecule has 24 heavy (non-hydrogen) atoms. The predicted molar refractivity (Wildman–Crippen MR) is 88.6 cm³/mol. The number of nitrogens with one attached hydrogen (secondary N) is 1. The maximum Gasteiger partial charge on any atom is 0.272 e. The molecule has 3 aromatic rings. The Morgan fingerprint density at radius 1 is 1.33 bits per heavy atom. The van der Waals surface area contributed by atoms with E-state index >= 15 is 0 Å². The van der Waals surface area contributed by atoms with Crippen molar-refractivity contribution >= 4 is 16.8 Å². The van der Waals surface area contributed by atoms with Gasteiger partial charge in [-0.15, -0.1) is 0 Å². The number of imidazole rings is 1. The number of carbonyl (C=O) groups excluding carboxylic acids is 1. The third-order valence-corrected chi connectivity index (χ3v) is 4.56. The number of para-hydroxylation sites is 1. The smallest absolute Gasteiger partial charge is 0.272 e. The van der Waals surface area contributed by atoms with Gasteiger partial charge in [-0.2, -0.15) is 0 Å². The Morgan fingerprint density at radius 3 is 2.96 bits per heavy atom. The second-order valence-corrected chi connectivity index (χ2v) is 5.97. The van der Waals surface area contributed by atoms with E-state index in [1.807, 2.05) is 18.2 Å². The lowest BCUT2D eigenvalue weighted by atomic mass is 10.1. The SMILES string of the molecule is Cn1c(C2CCCN2C(=O)c2cnc[nH]2)nc2ccccc2c1=O. The molecule has 1 saturated heterocycles. The molecule has 7 heteroatoms. The summed E-state index contributed by atoms with van der Waals surface area (Å²) in [6, 6.07) is 7.09. The van der Waals surface area contributed by atoms with Gasteiger partial charge >= 0.3 is 0 Å². The van der Waals surface area contributed by atoms with E-state index in [4.69, 9.17) is 0 Å². The average molecular weight is 323 g/mol. The van der Waals surface area contributed by atoms with E-state index in [0.29, 0.717) is 29.0 Å². The zero-order valence-electron chi connectivity index (χ0n) is 13.3. The summed E-state index contributed by atoms with van der Waals surface area (Å²) >= 11 is 0. The van der Waals surface area contributed by atoms with E-state index in [1.54, 1.807) is 22.6 Å². The number of aromatic nitrogens is 4. The Kier molecular flexibility index (Phi) is 3.41. The average Bonchev–Trinajstić information content (AvgIpc) is 3.29. The van der Waals surface area contributed by atoms with Crippen LogP contribution >= 0.6 is 0 Å². The molecular formula is C17H17N5O2. The van der Waals surface area contributed by atoms with Gasteiger partial charge in [-0.25, -0.2) is 9.97 Å². The third kappa shape index (κ3) is 2.20. The van der Waals surface area contributed by atoms with Crippen molar-refractivity contribution in [2.75, 3.05) is 6.54 Å². The van der Waals surface area contributed by atoms with Gasteiger partial charge in [-0.05, 0) is 25.0 Å².